The third-order valence-corrected chi connectivity index (χ3v) is 5.41. The van der Waals surface area contributed by atoms with Crippen LogP contribution in [0.4, 0.5) is 27.6 Å². The first kappa shape index (κ1) is 27.1. The molecule has 1 aromatic heterocycles. The van der Waals surface area contributed by atoms with Gasteiger partial charge < -0.3 is 14.6 Å². The standard InChI is InChI=1S/C24H21ClF5N3O3/c1-4-8-33-11-12(2)31-20(23(33)35)14-10-19(36-13(3)24(28,29)30)15(9-18(14)27)22(34)32-21-16(25)6-5-7-17(21)26/h5-7,9-11,13H,4,8H2,1-3H3,(H,32,34)/t13-/m0/s1. The van der Waals surface area contributed by atoms with Crippen molar-refractivity contribution in [3.8, 4) is 17.0 Å². The highest BCUT2D eigenvalue weighted by atomic mass is 35.5. The van der Waals surface area contributed by atoms with Gasteiger partial charge >= 0.3 is 6.18 Å². The van der Waals surface area contributed by atoms with Crippen LogP contribution < -0.4 is 15.6 Å². The molecule has 3 rings (SSSR count). The molecular weight excluding hydrogens is 509 g/mol. The van der Waals surface area contributed by atoms with E-state index in [-0.39, 0.29) is 10.7 Å². The van der Waals surface area contributed by atoms with Crippen LogP contribution in [0.2, 0.25) is 5.02 Å². The molecular formula is C24H21ClF5N3O3. The summed E-state index contributed by atoms with van der Waals surface area (Å²) in [5.41, 5.74) is -2.27. The summed E-state index contributed by atoms with van der Waals surface area (Å²) in [5, 5.41) is 1.94. The van der Waals surface area contributed by atoms with E-state index in [4.69, 9.17) is 16.3 Å². The fourth-order valence-corrected chi connectivity index (χ4v) is 3.53. The number of nitrogens with zero attached hydrogens (tertiary/aromatic N) is 2. The van der Waals surface area contributed by atoms with Crippen LogP contribution in [0.1, 0.15) is 36.3 Å². The second kappa shape index (κ2) is 10.7. The predicted molar refractivity (Wildman–Crippen MR) is 124 cm³/mol. The molecule has 0 fully saturated rings. The number of anilines is 1. The topological polar surface area (TPSA) is 73.2 Å². The minimum atomic E-state index is -4.83. The molecule has 0 spiro atoms. The van der Waals surface area contributed by atoms with Crippen molar-refractivity contribution in [1.29, 1.82) is 0 Å². The van der Waals surface area contributed by atoms with Gasteiger partial charge in [-0.05, 0) is 44.5 Å². The second-order valence-electron chi connectivity index (χ2n) is 7.91. The number of hydrogen-bond acceptors (Lipinski definition) is 4. The number of aryl methyl sites for hydroxylation is 2. The molecule has 6 nitrogen and oxygen atoms in total. The van der Waals surface area contributed by atoms with Gasteiger partial charge in [0.25, 0.3) is 11.5 Å². The minimum absolute atomic E-state index is 0.188. The van der Waals surface area contributed by atoms with E-state index in [1.165, 1.54) is 22.9 Å². The van der Waals surface area contributed by atoms with Crippen LogP contribution in [0, 0.1) is 18.6 Å². The highest BCUT2D eigenvalue weighted by Crippen LogP contribution is 2.33. The number of benzene rings is 2. The van der Waals surface area contributed by atoms with Gasteiger partial charge in [0.1, 0.15) is 23.1 Å². The number of hydrogen-bond donors (Lipinski definition) is 1. The molecule has 12 heteroatoms. The number of para-hydroxylation sites is 1. The second-order valence-corrected chi connectivity index (χ2v) is 8.32. The van der Waals surface area contributed by atoms with Crippen molar-refractivity contribution in [3.05, 3.63) is 74.8 Å². The molecule has 0 saturated heterocycles. The maximum absolute atomic E-state index is 15.2. The quantitative estimate of drug-likeness (QED) is 0.373. The Labute approximate surface area is 207 Å². The zero-order chi connectivity index (χ0) is 26.8. The summed E-state index contributed by atoms with van der Waals surface area (Å²) >= 11 is 5.90. The van der Waals surface area contributed by atoms with Crippen LogP contribution in [0.5, 0.6) is 5.75 Å². The Kier molecular flexibility index (Phi) is 8.02. The Morgan fingerprint density at radius 2 is 1.92 bits per heavy atom. The molecule has 0 bridgehead atoms. The van der Waals surface area contributed by atoms with Gasteiger partial charge in [-0.25, -0.2) is 13.8 Å². The SMILES string of the molecule is CCCn1cc(C)nc(-c2cc(O[C@@H](C)C(F)(F)F)c(C(=O)Nc3c(F)cccc3Cl)cc2F)c1=O. The van der Waals surface area contributed by atoms with Crippen LogP contribution in [-0.2, 0) is 6.54 Å². The smallest absolute Gasteiger partial charge is 0.425 e. The van der Waals surface area contributed by atoms with Crippen LogP contribution in [0.15, 0.2) is 41.3 Å². The zero-order valence-corrected chi connectivity index (χ0v) is 20.1. The van der Waals surface area contributed by atoms with Gasteiger partial charge in [-0.15, -0.1) is 0 Å². The Bertz CT molecular complexity index is 1340. The van der Waals surface area contributed by atoms with Crippen LogP contribution in [-0.4, -0.2) is 27.7 Å². The zero-order valence-electron chi connectivity index (χ0n) is 19.3. The fraction of sp³-hybridized carbons (Fsp3) is 0.292. The molecule has 0 radical (unpaired) electrons. The summed E-state index contributed by atoms with van der Waals surface area (Å²) < 4.78 is 75.4. The lowest BCUT2D eigenvalue weighted by Gasteiger charge is -2.21. The Hall–Kier alpha value is -3.47. The average Bonchev–Trinajstić information content (AvgIpc) is 2.79. The van der Waals surface area contributed by atoms with Gasteiger partial charge in [0.05, 0.1) is 22.0 Å². The third-order valence-electron chi connectivity index (χ3n) is 5.09. The molecule has 3 aromatic rings. The van der Waals surface area contributed by atoms with Crippen molar-refractivity contribution in [2.24, 2.45) is 0 Å². The van der Waals surface area contributed by atoms with Crippen LogP contribution in [0.25, 0.3) is 11.3 Å². The first-order valence-corrected chi connectivity index (χ1v) is 11.1. The van der Waals surface area contributed by atoms with Gasteiger partial charge in [0.2, 0.25) is 0 Å². The molecule has 1 N–H and O–H groups in total. The molecule has 1 atom stereocenters. The van der Waals surface area contributed by atoms with Crippen LogP contribution >= 0.6 is 11.6 Å². The van der Waals surface area contributed by atoms with Gasteiger partial charge in [-0.2, -0.15) is 13.2 Å². The first-order valence-electron chi connectivity index (χ1n) is 10.7. The maximum atomic E-state index is 15.2. The third kappa shape index (κ3) is 5.84. The van der Waals surface area contributed by atoms with E-state index in [1.807, 2.05) is 6.92 Å². The highest BCUT2D eigenvalue weighted by Gasteiger charge is 2.39. The van der Waals surface area contributed by atoms with Crippen molar-refractivity contribution < 1.29 is 31.5 Å². The summed E-state index contributed by atoms with van der Waals surface area (Å²) in [6.07, 6.45) is -5.18. The number of aromatic nitrogens is 2. The summed E-state index contributed by atoms with van der Waals surface area (Å²) in [5.74, 6) is -3.91. The molecule has 0 aliphatic rings. The molecule has 0 saturated carbocycles. The maximum Gasteiger partial charge on any atom is 0.425 e. The molecule has 0 aliphatic carbocycles. The summed E-state index contributed by atoms with van der Waals surface area (Å²) in [7, 11) is 0. The number of carbonyl (C=O) groups excluding carboxylic acids is 1. The predicted octanol–water partition coefficient (Wildman–Crippen LogP) is 6.14. The molecule has 0 unspecified atom stereocenters. The molecule has 1 amide bonds. The normalized spacial score (nSPS) is 12.4. The van der Waals surface area contributed by atoms with E-state index >= 15 is 4.39 Å². The lowest BCUT2D eigenvalue weighted by molar-refractivity contribution is -0.189. The van der Waals surface area contributed by atoms with Crippen molar-refractivity contribution in [2.45, 2.75) is 46.0 Å². The lowest BCUT2D eigenvalue weighted by Crippen LogP contribution is -2.32. The Morgan fingerprint density at radius 3 is 2.53 bits per heavy atom. The Balaban J connectivity index is 2.17. The van der Waals surface area contributed by atoms with E-state index in [2.05, 4.69) is 10.3 Å². The number of alkyl halides is 3. The molecule has 2 aromatic carbocycles. The number of nitrogens with one attached hydrogen (secondary N) is 1. The minimum Gasteiger partial charge on any atom is -0.480 e. The van der Waals surface area contributed by atoms with Gasteiger partial charge in [0.15, 0.2) is 6.10 Å². The van der Waals surface area contributed by atoms with Gasteiger partial charge in [-0.1, -0.05) is 24.6 Å². The van der Waals surface area contributed by atoms with Crippen molar-refractivity contribution >= 4 is 23.2 Å². The van der Waals surface area contributed by atoms with E-state index in [0.29, 0.717) is 31.6 Å². The highest BCUT2D eigenvalue weighted by molar-refractivity contribution is 6.34. The largest absolute Gasteiger partial charge is 0.480 e. The number of amides is 1. The molecule has 1 heterocycles. The molecule has 0 aliphatic heterocycles. The Morgan fingerprint density at radius 1 is 1.22 bits per heavy atom. The number of rotatable bonds is 7. The first-order chi connectivity index (χ1) is 16.8. The van der Waals surface area contributed by atoms with Gasteiger partial charge in [0, 0.05) is 18.3 Å². The van der Waals surface area contributed by atoms with Crippen molar-refractivity contribution in [2.75, 3.05) is 5.32 Å². The van der Waals surface area contributed by atoms with E-state index in [9.17, 15) is 27.2 Å². The van der Waals surface area contributed by atoms with E-state index in [0.717, 1.165) is 12.1 Å². The number of halogens is 6. The average molecular weight is 530 g/mol. The molecule has 36 heavy (non-hydrogen) atoms. The van der Waals surface area contributed by atoms with E-state index < -0.39 is 57.9 Å². The van der Waals surface area contributed by atoms with Crippen molar-refractivity contribution in [3.63, 3.8) is 0 Å². The summed E-state index contributed by atoms with van der Waals surface area (Å²) in [4.78, 5) is 29.8. The summed E-state index contributed by atoms with van der Waals surface area (Å²) in [6.45, 7) is 4.38. The fourth-order valence-electron chi connectivity index (χ4n) is 3.32. The van der Waals surface area contributed by atoms with Crippen LogP contribution in [0.3, 0.4) is 0 Å². The van der Waals surface area contributed by atoms with Gasteiger partial charge in [-0.3, -0.25) is 9.59 Å². The molecule has 192 valence electrons. The monoisotopic (exact) mass is 529 g/mol. The lowest BCUT2D eigenvalue weighted by atomic mass is 10.1. The number of ether oxygens (including phenoxy) is 1. The number of carbonyl (C=O) groups is 1. The van der Waals surface area contributed by atoms with Crippen molar-refractivity contribution in [1.82, 2.24) is 9.55 Å². The summed E-state index contributed by atoms with van der Waals surface area (Å²) in [6, 6.07) is 4.96. The van der Waals surface area contributed by atoms with E-state index in [1.54, 1.807) is 6.92 Å².